The van der Waals surface area contributed by atoms with Crippen molar-refractivity contribution in [3.63, 3.8) is 0 Å². The van der Waals surface area contributed by atoms with Gasteiger partial charge < -0.3 is 41.4 Å². The van der Waals surface area contributed by atoms with E-state index >= 15 is 0 Å². The fourth-order valence-electron chi connectivity index (χ4n) is 5.37. The van der Waals surface area contributed by atoms with Crippen molar-refractivity contribution in [1.29, 1.82) is 0 Å². The Labute approximate surface area is 241 Å². The van der Waals surface area contributed by atoms with Crippen LogP contribution in [0.5, 0.6) is 0 Å². The molecular formula is C30H34N6O6. The van der Waals surface area contributed by atoms with Gasteiger partial charge in [-0.2, -0.15) is 0 Å². The molecule has 0 spiro atoms. The summed E-state index contributed by atoms with van der Waals surface area (Å²) < 4.78 is 0. The molecule has 2 aromatic heterocycles. The van der Waals surface area contributed by atoms with Crippen LogP contribution in [-0.2, 0) is 32.0 Å². The van der Waals surface area contributed by atoms with Crippen LogP contribution in [0.2, 0.25) is 0 Å². The van der Waals surface area contributed by atoms with Gasteiger partial charge in [-0.1, -0.05) is 36.4 Å². The van der Waals surface area contributed by atoms with Crippen LogP contribution in [0, 0.1) is 0 Å². The molecule has 12 nitrogen and oxygen atoms in total. The van der Waals surface area contributed by atoms with Crippen LogP contribution in [0.3, 0.4) is 0 Å². The molecule has 2 aromatic carbocycles. The van der Waals surface area contributed by atoms with Gasteiger partial charge in [0, 0.05) is 47.0 Å². The number of carbonyl (C=O) groups is 4. The van der Waals surface area contributed by atoms with Crippen molar-refractivity contribution in [2.45, 2.75) is 49.9 Å². The molecule has 4 aromatic rings. The number of carboxylic acids is 1. The summed E-state index contributed by atoms with van der Waals surface area (Å²) in [6, 6.07) is 10.7. The van der Waals surface area contributed by atoms with Gasteiger partial charge in [0.2, 0.25) is 17.7 Å². The number of hydrogen-bond donors (Lipinski definition) is 8. The highest BCUT2D eigenvalue weighted by atomic mass is 16.4. The number of carboxylic acid groups (broad SMARTS) is 1. The Balaban J connectivity index is 1.29. The highest BCUT2D eigenvalue weighted by Gasteiger charge is 2.32. The molecular weight excluding hydrogens is 540 g/mol. The first-order chi connectivity index (χ1) is 20.3. The van der Waals surface area contributed by atoms with E-state index < -0.39 is 48.6 Å². The summed E-state index contributed by atoms with van der Waals surface area (Å²) in [5, 5.41) is 32.4. The van der Waals surface area contributed by atoms with Gasteiger partial charge >= 0.3 is 5.97 Å². The van der Waals surface area contributed by atoms with Crippen LogP contribution < -0.4 is 21.3 Å². The predicted molar refractivity (Wildman–Crippen MR) is 156 cm³/mol. The Hall–Kier alpha value is -4.68. The van der Waals surface area contributed by atoms with E-state index in [1.54, 1.807) is 12.4 Å². The smallest absolute Gasteiger partial charge is 0.326 e. The largest absolute Gasteiger partial charge is 0.480 e. The molecule has 220 valence electrons. The van der Waals surface area contributed by atoms with Gasteiger partial charge in [-0.3, -0.25) is 14.4 Å². The minimum Gasteiger partial charge on any atom is -0.480 e. The van der Waals surface area contributed by atoms with Gasteiger partial charge in [0.25, 0.3) is 0 Å². The quantitative estimate of drug-likeness (QED) is 0.122. The van der Waals surface area contributed by atoms with E-state index in [9.17, 15) is 29.4 Å². The highest BCUT2D eigenvalue weighted by molar-refractivity contribution is 5.95. The summed E-state index contributed by atoms with van der Waals surface area (Å²) in [7, 11) is 0. The summed E-state index contributed by atoms with van der Waals surface area (Å²) in [6.45, 7) is -0.0671. The minimum atomic E-state index is -1.44. The standard InChI is InChI=1S/C30H34N6O6/c37-16-26(29(40)35-25(30(41)42)13-18-15-33-22-9-4-2-7-20(18)22)36-28(39)24(34-27(38)23-10-5-11-31-23)12-17-14-32-21-8-3-1-6-19(17)21/h1-4,6-9,14-15,23-26,31-33,37H,5,10-13,16H2,(H,34,38)(H,35,40)(H,36,39)(H,41,42). The molecule has 1 aliphatic rings. The number of amides is 3. The van der Waals surface area contributed by atoms with Crippen LogP contribution >= 0.6 is 0 Å². The third kappa shape index (κ3) is 6.45. The Morgan fingerprint density at radius 3 is 1.88 bits per heavy atom. The molecule has 0 bridgehead atoms. The number of aliphatic hydroxyl groups is 1. The highest BCUT2D eigenvalue weighted by Crippen LogP contribution is 2.21. The fraction of sp³-hybridized carbons (Fsp3) is 0.333. The zero-order chi connectivity index (χ0) is 29.6. The van der Waals surface area contributed by atoms with E-state index in [0.717, 1.165) is 33.8 Å². The number of aliphatic carboxylic acids is 1. The Bertz CT molecular complexity index is 1590. The van der Waals surface area contributed by atoms with E-state index in [4.69, 9.17) is 0 Å². The molecule has 3 heterocycles. The van der Waals surface area contributed by atoms with Crippen LogP contribution in [0.4, 0.5) is 0 Å². The van der Waals surface area contributed by atoms with E-state index in [1.165, 1.54) is 0 Å². The summed E-state index contributed by atoms with van der Waals surface area (Å²) >= 11 is 0. The molecule has 4 unspecified atom stereocenters. The van der Waals surface area contributed by atoms with Gasteiger partial charge in [0.15, 0.2) is 0 Å². The van der Waals surface area contributed by atoms with Crippen LogP contribution in [0.25, 0.3) is 21.8 Å². The first-order valence-electron chi connectivity index (χ1n) is 13.9. The molecule has 8 N–H and O–H groups in total. The van der Waals surface area contributed by atoms with E-state index in [0.29, 0.717) is 18.5 Å². The average Bonchev–Trinajstić information content (AvgIpc) is 3.76. The van der Waals surface area contributed by atoms with Gasteiger partial charge in [0.1, 0.15) is 18.1 Å². The number of benzene rings is 2. The number of nitrogens with one attached hydrogen (secondary N) is 6. The van der Waals surface area contributed by atoms with E-state index in [-0.39, 0.29) is 18.7 Å². The molecule has 1 saturated heterocycles. The van der Waals surface area contributed by atoms with Crippen molar-refractivity contribution in [3.8, 4) is 0 Å². The molecule has 0 radical (unpaired) electrons. The second-order valence-corrected chi connectivity index (χ2v) is 10.5. The summed E-state index contributed by atoms with van der Waals surface area (Å²) in [5.41, 5.74) is 3.20. The Morgan fingerprint density at radius 2 is 1.33 bits per heavy atom. The summed E-state index contributed by atoms with van der Waals surface area (Å²) in [5.74, 6) is -3.12. The third-order valence-electron chi connectivity index (χ3n) is 7.64. The van der Waals surface area contributed by atoms with Crippen molar-refractivity contribution in [2.24, 2.45) is 0 Å². The molecule has 12 heteroatoms. The summed E-state index contributed by atoms with van der Waals surface area (Å²) in [6.07, 6.45) is 5.06. The Kier molecular flexibility index (Phi) is 8.84. The minimum absolute atomic E-state index is 0.00911. The molecule has 1 aliphatic heterocycles. The number of fused-ring (bicyclic) bond motifs is 2. The lowest BCUT2D eigenvalue weighted by molar-refractivity contribution is -0.142. The lowest BCUT2D eigenvalue weighted by atomic mass is 10.0. The second-order valence-electron chi connectivity index (χ2n) is 10.5. The normalized spacial score (nSPS) is 17.0. The number of carbonyl (C=O) groups excluding carboxylic acids is 3. The van der Waals surface area contributed by atoms with Crippen molar-refractivity contribution >= 4 is 45.5 Å². The summed E-state index contributed by atoms with van der Waals surface area (Å²) in [4.78, 5) is 57.8. The maximum Gasteiger partial charge on any atom is 0.326 e. The maximum absolute atomic E-state index is 13.5. The molecule has 3 amide bonds. The van der Waals surface area contributed by atoms with Crippen LogP contribution in [0.15, 0.2) is 60.9 Å². The maximum atomic E-state index is 13.5. The monoisotopic (exact) mass is 574 g/mol. The van der Waals surface area contributed by atoms with Crippen LogP contribution in [-0.4, -0.2) is 81.2 Å². The van der Waals surface area contributed by atoms with Gasteiger partial charge in [-0.15, -0.1) is 0 Å². The molecule has 4 atom stereocenters. The zero-order valence-corrected chi connectivity index (χ0v) is 22.9. The van der Waals surface area contributed by atoms with Crippen molar-refractivity contribution < 1.29 is 29.4 Å². The molecule has 0 saturated carbocycles. The fourth-order valence-corrected chi connectivity index (χ4v) is 5.37. The number of para-hydroxylation sites is 2. The number of aromatic nitrogens is 2. The first kappa shape index (κ1) is 28.8. The zero-order valence-electron chi connectivity index (χ0n) is 22.9. The molecule has 42 heavy (non-hydrogen) atoms. The Morgan fingerprint density at radius 1 is 0.786 bits per heavy atom. The number of aliphatic hydroxyl groups excluding tert-OH is 1. The first-order valence-corrected chi connectivity index (χ1v) is 13.9. The topological polar surface area (TPSA) is 188 Å². The van der Waals surface area contributed by atoms with Crippen molar-refractivity contribution in [2.75, 3.05) is 13.2 Å². The van der Waals surface area contributed by atoms with Gasteiger partial charge in [0.05, 0.1) is 12.6 Å². The molecule has 5 rings (SSSR count). The third-order valence-corrected chi connectivity index (χ3v) is 7.64. The van der Waals surface area contributed by atoms with Crippen molar-refractivity contribution in [1.82, 2.24) is 31.2 Å². The molecule has 1 fully saturated rings. The lowest BCUT2D eigenvalue weighted by Gasteiger charge is -2.24. The number of hydrogen-bond acceptors (Lipinski definition) is 6. The van der Waals surface area contributed by atoms with Crippen LogP contribution in [0.1, 0.15) is 24.0 Å². The molecule has 0 aliphatic carbocycles. The van der Waals surface area contributed by atoms with E-state index in [2.05, 4.69) is 31.2 Å². The average molecular weight is 575 g/mol. The second kappa shape index (κ2) is 12.9. The van der Waals surface area contributed by atoms with Gasteiger partial charge in [-0.25, -0.2) is 4.79 Å². The van der Waals surface area contributed by atoms with E-state index in [1.807, 2.05) is 48.5 Å². The predicted octanol–water partition coefficient (Wildman–Crippen LogP) is 0.718. The number of H-pyrrole nitrogens is 2. The SMILES string of the molecule is O=C(O)C(Cc1c[nH]c2ccccc12)NC(=O)C(CO)NC(=O)C(Cc1c[nH]c2ccccc12)NC(=O)C1CCCN1. The number of aromatic amines is 2. The lowest BCUT2D eigenvalue weighted by Crippen LogP contribution is -2.58. The number of rotatable bonds is 12. The van der Waals surface area contributed by atoms with Crippen molar-refractivity contribution in [3.05, 3.63) is 72.1 Å². The van der Waals surface area contributed by atoms with Gasteiger partial charge in [-0.05, 0) is 42.6 Å².